The van der Waals surface area contributed by atoms with Gasteiger partial charge in [0.2, 0.25) is 0 Å². The summed E-state index contributed by atoms with van der Waals surface area (Å²) in [6, 6.07) is 2.29. The molecule has 0 saturated carbocycles. The topological polar surface area (TPSA) is 107 Å². The van der Waals surface area contributed by atoms with Gasteiger partial charge in [-0.15, -0.1) is 0 Å². The minimum Gasteiger partial charge on any atom is -0.390 e. The molecule has 1 atom stereocenters. The fraction of sp³-hybridized carbons (Fsp3) is 0.500. The predicted molar refractivity (Wildman–Crippen MR) is 130 cm³/mol. The molecule has 4 rings (SSSR count). The van der Waals surface area contributed by atoms with Crippen molar-refractivity contribution < 1.29 is 5.11 Å². The summed E-state index contributed by atoms with van der Waals surface area (Å²) < 4.78 is 3.79. The van der Waals surface area contributed by atoms with Gasteiger partial charge in [0.1, 0.15) is 0 Å². The van der Waals surface area contributed by atoms with Crippen LogP contribution >= 0.6 is 0 Å². The van der Waals surface area contributed by atoms with Crippen LogP contribution in [0.4, 0.5) is 0 Å². The van der Waals surface area contributed by atoms with Crippen LogP contribution in [0.3, 0.4) is 0 Å². The Balaban J connectivity index is 1.55. The maximum Gasteiger partial charge on any atom is 0.0999 e. The molecular formula is C24H34N8O. The van der Waals surface area contributed by atoms with E-state index >= 15 is 0 Å². The van der Waals surface area contributed by atoms with Crippen LogP contribution in [0.2, 0.25) is 0 Å². The molecule has 0 radical (unpaired) electrons. The van der Waals surface area contributed by atoms with E-state index in [9.17, 15) is 5.11 Å². The Bertz CT molecular complexity index is 1090. The van der Waals surface area contributed by atoms with Crippen LogP contribution in [0, 0.1) is 5.41 Å². The van der Waals surface area contributed by atoms with E-state index in [-0.39, 0.29) is 0 Å². The monoisotopic (exact) mass is 450 g/mol. The van der Waals surface area contributed by atoms with Crippen molar-refractivity contribution in [3.63, 3.8) is 0 Å². The molecule has 3 aromatic rings. The van der Waals surface area contributed by atoms with Crippen molar-refractivity contribution in [2.45, 2.75) is 51.7 Å². The molecule has 1 unspecified atom stereocenters. The van der Waals surface area contributed by atoms with Gasteiger partial charge in [0, 0.05) is 42.8 Å². The molecule has 0 aliphatic carbocycles. The molecule has 3 aromatic heterocycles. The summed E-state index contributed by atoms with van der Waals surface area (Å²) in [6.07, 6.45) is 14.5. The Morgan fingerprint density at radius 3 is 2.73 bits per heavy atom. The number of fused-ring (bicyclic) bond motifs is 1. The van der Waals surface area contributed by atoms with E-state index in [4.69, 9.17) is 10.4 Å². The van der Waals surface area contributed by atoms with Crippen LogP contribution in [0.1, 0.15) is 51.3 Å². The zero-order chi connectivity index (χ0) is 23.2. The molecule has 0 aromatic carbocycles. The molecule has 1 aliphatic rings. The Labute approximate surface area is 194 Å². The molecule has 0 bridgehead atoms. The molecule has 4 heterocycles. The highest BCUT2D eigenvalue weighted by molar-refractivity contribution is 6.07. The second kappa shape index (κ2) is 10.7. The van der Waals surface area contributed by atoms with Gasteiger partial charge in [-0.1, -0.05) is 13.8 Å². The highest BCUT2D eigenvalue weighted by Crippen LogP contribution is 2.26. The molecule has 0 spiro atoms. The van der Waals surface area contributed by atoms with Gasteiger partial charge in [-0.25, -0.2) is 9.50 Å². The molecule has 33 heavy (non-hydrogen) atoms. The van der Waals surface area contributed by atoms with E-state index in [1.165, 1.54) is 19.1 Å². The van der Waals surface area contributed by atoms with E-state index < -0.39 is 6.10 Å². The molecule has 1 fully saturated rings. The van der Waals surface area contributed by atoms with Gasteiger partial charge in [0.15, 0.2) is 0 Å². The van der Waals surface area contributed by atoms with Crippen molar-refractivity contribution in [2.75, 3.05) is 26.2 Å². The Morgan fingerprint density at radius 1 is 1.21 bits per heavy atom. The first-order valence-corrected chi connectivity index (χ1v) is 11.9. The SMILES string of the molecule is CCC(CC)n1cc(-c2nc(/C(C=N)=C/NCC(O)CN3CCCC3)cn3nccc23)cn1. The fourth-order valence-electron chi connectivity index (χ4n) is 4.42. The zero-order valence-electron chi connectivity index (χ0n) is 19.5. The molecule has 176 valence electrons. The second-order valence-electron chi connectivity index (χ2n) is 8.63. The largest absolute Gasteiger partial charge is 0.390 e. The molecule has 1 aliphatic heterocycles. The summed E-state index contributed by atoms with van der Waals surface area (Å²) in [5.74, 6) is 0. The second-order valence-corrected chi connectivity index (χ2v) is 8.63. The fourth-order valence-corrected chi connectivity index (χ4v) is 4.42. The Hall–Kier alpha value is -3.04. The van der Waals surface area contributed by atoms with Crippen molar-refractivity contribution in [3.8, 4) is 11.3 Å². The van der Waals surface area contributed by atoms with Crippen LogP contribution in [0.25, 0.3) is 22.3 Å². The highest BCUT2D eigenvalue weighted by Gasteiger charge is 2.17. The number of allylic oxidation sites excluding steroid dienone is 1. The van der Waals surface area contributed by atoms with E-state index in [0.29, 0.717) is 30.4 Å². The minimum atomic E-state index is -0.459. The van der Waals surface area contributed by atoms with Crippen molar-refractivity contribution in [1.82, 2.24) is 34.6 Å². The van der Waals surface area contributed by atoms with E-state index in [1.54, 1.807) is 16.9 Å². The van der Waals surface area contributed by atoms with Crippen molar-refractivity contribution in [1.29, 1.82) is 5.41 Å². The molecule has 1 saturated heterocycles. The lowest BCUT2D eigenvalue weighted by molar-refractivity contribution is 0.127. The number of nitrogens with one attached hydrogen (secondary N) is 2. The number of rotatable bonds is 11. The highest BCUT2D eigenvalue weighted by atomic mass is 16.3. The van der Waals surface area contributed by atoms with Crippen LogP contribution < -0.4 is 5.32 Å². The van der Waals surface area contributed by atoms with E-state index in [2.05, 4.69) is 34.3 Å². The lowest BCUT2D eigenvalue weighted by Crippen LogP contribution is -2.35. The third-order valence-electron chi connectivity index (χ3n) is 6.31. The number of aliphatic hydroxyl groups is 1. The van der Waals surface area contributed by atoms with Crippen LogP contribution in [0.5, 0.6) is 0 Å². The zero-order valence-corrected chi connectivity index (χ0v) is 19.5. The minimum absolute atomic E-state index is 0.357. The summed E-state index contributed by atoms with van der Waals surface area (Å²) in [5.41, 5.74) is 3.85. The number of hydrogen-bond donors (Lipinski definition) is 3. The smallest absolute Gasteiger partial charge is 0.0999 e. The molecule has 3 N–H and O–H groups in total. The van der Waals surface area contributed by atoms with Gasteiger partial charge >= 0.3 is 0 Å². The summed E-state index contributed by atoms with van der Waals surface area (Å²) in [5, 5.41) is 30.4. The lowest BCUT2D eigenvalue weighted by atomic mass is 10.1. The first-order valence-electron chi connectivity index (χ1n) is 11.9. The average Bonchev–Trinajstić information content (AvgIpc) is 3.59. The number of β-amino-alcohol motifs (C(OH)–C–C–N with tert-alkyl or cyclic N) is 1. The third-order valence-corrected chi connectivity index (χ3v) is 6.31. The summed E-state index contributed by atoms with van der Waals surface area (Å²) in [4.78, 5) is 7.16. The lowest BCUT2D eigenvalue weighted by Gasteiger charge is -2.19. The van der Waals surface area contributed by atoms with Crippen LogP contribution in [0.15, 0.2) is 37.1 Å². The number of likely N-dealkylation sites (tertiary alicyclic amines) is 1. The third kappa shape index (κ3) is 5.31. The number of hydrogen-bond acceptors (Lipinski definition) is 7. The average molecular weight is 451 g/mol. The van der Waals surface area contributed by atoms with Gasteiger partial charge < -0.3 is 20.7 Å². The molecule has 9 heteroatoms. The van der Waals surface area contributed by atoms with Crippen molar-refractivity contribution >= 4 is 17.3 Å². The Kier molecular flexibility index (Phi) is 7.51. The summed E-state index contributed by atoms with van der Waals surface area (Å²) >= 11 is 0. The molecule has 9 nitrogen and oxygen atoms in total. The molecule has 0 amide bonds. The van der Waals surface area contributed by atoms with Gasteiger partial charge in [-0.3, -0.25) is 4.68 Å². The maximum atomic E-state index is 10.3. The number of aliphatic hydroxyl groups excluding tert-OH is 1. The van der Waals surface area contributed by atoms with Crippen molar-refractivity contribution in [2.24, 2.45) is 0 Å². The predicted octanol–water partition coefficient (Wildman–Crippen LogP) is 2.99. The quantitative estimate of drug-likeness (QED) is 0.388. The van der Waals surface area contributed by atoms with E-state index in [0.717, 1.165) is 42.7 Å². The van der Waals surface area contributed by atoms with Crippen molar-refractivity contribution in [3.05, 3.63) is 42.7 Å². The van der Waals surface area contributed by atoms with E-state index in [1.807, 2.05) is 29.3 Å². The van der Waals surface area contributed by atoms with Gasteiger partial charge in [0.05, 0.1) is 47.6 Å². The summed E-state index contributed by atoms with van der Waals surface area (Å²) in [6.45, 7) is 7.54. The maximum absolute atomic E-state index is 10.3. The normalized spacial score (nSPS) is 16.1. The first-order chi connectivity index (χ1) is 16.1. The first kappa shape index (κ1) is 23.1. The van der Waals surface area contributed by atoms with Gasteiger partial charge in [-0.05, 0) is 44.8 Å². The standard InChI is InChI=1S/C24H34N8O/c1-3-20(4-2)31-15-19(13-28-31)24-23-7-8-27-32(23)17-22(29-24)18(11-25)12-26-14-21(33)16-30-9-5-6-10-30/h7-8,11-13,15,17,20-21,25-26,33H,3-6,9-10,14,16H2,1-2H3/b18-12+,25-11?. The summed E-state index contributed by atoms with van der Waals surface area (Å²) in [7, 11) is 0. The number of aromatic nitrogens is 5. The van der Waals surface area contributed by atoms with Crippen LogP contribution in [-0.2, 0) is 0 Å². The van der Waals surface area contributed by atoms with Crippen LogP contribution in [-0.4, -0.2) is 72.9 Å². The Morgan fingerprint density at radius 2 is 2.00 bits per heavy atom. The van der Waals surface area contributed by atoms with Gasteiger partial charge in [-0.2, -0.15) is 10.2 Å². The molecular weight excluding hydrogens is 416 g/mol. The number of nitrogens with zero attached hydrogens (tertiary/aromatic N) is 6. The van der Waals surface area contributed by atoms with Gasteiger partial charge in [0.25, 0.3) is 0 Å².